The molecule has 0 radical (unpaired) electrons. The predicted molar refractivity (Wildman–Crippen MR) is 115 cm³/mol. The number of carbonyl (C=O) groups excluding carboxylic acids is 1. The number of nitrogens with one attached hydrogen (secondary N) is 1. The Balaban J connectivity index is 1.12. The number of halogens is 1. The fraction of sp³-hybridized carbons (Fsp3) is 0.625. The van der Waals surface area contributed by atoms with Gasteiger partial charge in [0.05, 0.1) is 5.69 Å². The first kappa shape index (κ1) is 20.4. The second-order valence-electron chi connectivity index (χ2n) is 8.93. The number of para-hydroxylation sites is 1. The molecule has 0 bridgehead atoms. The van der Waals surface area contributed by atoms with Crippen molar-refractivity contribution in [2.75, 3.05) is 37.6 Å². The Bertz CT molecular complexity index is 698. The van der Waals surface area contributed by atoms with E-state index >= 15 is 0 Å². The smallest absolute Gasteiger partial charge is 0.223 e. The number of benzene rings is 1. The highest BCUT2D eigenvalue weighted by Gasteiger charge is 2.26. The maximum absolute atomic E-state index is 14.0. The van der Waals surface area contributed by atoms with Crippen molar-refractivity contribution >= 4 is 11.6 Å². The second-order valence-corrected chi connectivity index (χ2v) is 8.93. The topological polar surface area (TPSA) is 35.6 Å². The van der Waals surface area contributed by atoms with Crippen molar-refractivity contribution in [1.82, 2.24) is 10.2 Å². The molecule has 0 atom stereocenters. The minimum atomic E-state index is -0.117. The van der Waals surface area contributed by atoms with E-state index in [1.165, 1.54) is 19.3 Å². The van der Waals surface area contributed by atoms with Gasteiger partial charge in [0, 0.05) is 38.1 Å². The van der Waals surface area contributed by atoms with Crippen LogP contribution in [0, 0.1) is 17.7 Å². The van der Waals surface area contributed by atoms with Crippen molar-refractivity contribution < 1.29 is 9.18 Å². The number of anilines is 1. The van der Waals surface area contributed by atoms with Crippen molar-refractivity contribution in [3.8, 4) is 0 Å². The lowest BCUT2D eigenvalue weighted by Crippen LogP contribution is -2.47. The van der Waals surface area contributed by atoms with Gasteiger partial charge in [-0.2, -0.15) is 0 Å². The largest absolute Gasteiger partial charge is 0.367 e. The van der Waals surface area contributed by atoms with Crippen LogP contribution in [0.2, 0.25) is 0 Å². The molecule has 1 aromatic carbocycles. The van der Waals surface area contributed by atoms with Crippen LogP contribution in [0.5, 0.6) is 0 Å². The molecule has 3 aliphatic rings. The highest BCUT2D eigenvalue weighted by atomic mass is 19.1. The van der Waals surface area contributed by atoms with Crippen LogP contribution in [0.3, 0.4) is 0 Å². The number of nitrogens with zero attached hydrogens (tertiary/aromatic N) is 2. The molecule has 0 unspecified atom stereocenters. The van der Waals surface area contributed by atoms with Crippen LogP contribution < -0.4 is 10.2 Å². The third-order valence-corrected chi connectivity index (χ3v) is 6.99. The van der Waals surface area contributed by atoms with E-state index in [1.807, 2.05) is 12.1 Å². The Kier molecular flexibility index (Phi) is 6.86. The monoisotopic (exact) mass is 399 g/mol. The third-order valence-electron chi connectivity index (χ3n) is 6.99. The van der Waals surface area contributed by atoms with Crippen molar-refractivity contribution in [1.29, 1.82) is 0 Å². The predicted octanol–water partition coefficient (Wildman–Crippen LogP) is 3.98. The molecule has 2 fully saturated rings. The lowest BCUT2D eigenvalue weighted by Gasteiger charge is -2.37. The van der Waals surface area contributed by atoms with Gasteiger partial charge in [-0.05, 0) is 69.5 Å². The second kappa shape index (κ2) is 9.75. The molecule has 1 N–H and O–H groups in total. The van der Waals surface area contributed by atoms with Crippen LogP contribution in [0.25, 0.3) is 0 Å². The summed E-state index contributed by atoms with van der Waals surface area (Å²) in [5, 5.41) is 3.29. The molecule has 1 aromatic rings. The third kappa shape index (κ3) is 5.39. The molecular weight excluding hydrogens is 365 g/mol. The molecule has 1 saturated carbocycles. The standard InChI is InChI=1S/C24H34FN3O/c25-22-7-3-4-8-23(22)28-17-15-27(16-18-28)14-13-19-9-11-21(12-10-19)26-24(29)20-5-1-2-6-20/h1-4,7-8,19-21H,5-6,9-18H2,(H,26,29). The summed E-state index contributed by atoms with van der Waals surface area (Å²) in [6.45, 7) is 4.95. The van der Waals surface area contributed by atoms with Crippen molar-refractivity contribution in [3.63, 3.8) is 0 Å². The molecule has 4 rings (SSSR count). The SMILES string of the molecule is O=C(NC1CCC(CCN2CCN(c3ccccc3F)CC2)CC1)C1CC=CC1. The van der Waals surface area contributed by atoms with Crippen LogP contribution >= 0.6 is 0 Å². The first-order valence-corrected chi connectivity index (χ1v) is 11.4. The van der Waals surface area contributed by atoms with Gasteiger partial charge in [0.15, 0.2) is 0 Å². The Morgan fingerprint density at radius 2 is 1.69 bits per heavy atom. The average Bonchev–Trinajstić information content (AvgIpc) is 3.29. The first-order valence-electron chi connectivity index (χ1n) is 11.4. The number of allylic oxidation sites excluding steroid dienone is 2. The van der Waals surface area contributed by atoms with Gasteiger partial charge >= 0.3 is 0 Å². The van der Waals surface area contributed by atoms with E-state index in [-0.39, 0.29) is 17.6 Å². The summed E-state index contributed by atoms with van der Waals surface area (Å²) >= 11 is 0. The Labute approximate surface area is 174 Å². The minimum Gasteiger partial charge on any atom is -0.367 e. The molecule has 1 saturated heterocycles. The van der Waals surface area contributed by atoms with E-state index in [0.29, 0.717) is 6.04 Å². The molecule has 0 spiro atoms. The molecule has 4 nitrogen and oxygen atoms in total. The van der Waals surface area contributed by atoms with Gasteiger partial charge in [-0.3, -0.25) is 9.69 Å². The molecule has 0 aromatic heterocycles. The van der Waals surface area contributed by atoms with E-state index in [2.05, 4.69) is 27.3 Å². The van der Waals surface area contributed by atoms with Gasteiger partial charge in [-0.25, -0.2) is 4.39 Å². The Morgan fingerprint density at radius 1 is 1.00 bits per heavy atom. The van der Waals surface area contributed by atoms with Gasteiger partial charge in [0.1, 0.15) is 5.82 Å². The van der Waals surface area contributed by atoms with Gasteiger partial charge in [-0.1, -0.05) is 24.3 Å². The molecule has 2 aliphatic carbocycles. The summed E-state index contributed by atoms with van der Waals surface area (Å²) in [7, 11) is 0. The molecular formula is C24H34FN3O. The lowest BCUT2D eigenvalue weighted by molar-refractivity contribution is -0.125. The normalized spacial score (nSPS) is 26.0. The number of hydrogen-bond donors (Lipinski definition) is 1. The Hall–Kier alpha value is -1.88. The van der Waals surface area contributed by atoms with Crippen molar-refractivity contribution in [2.45, 2.75) is 51.0 Å². The van der Waals surface area contributed by atoms with Crippen molar-refractivity contribution in [2.24, 2.45) is 11.8 Å². The maximum atomic E-state index is 14.0. The minimum absolute atomic E-state index is 0.117. The fourth-order valence-electron chi connectivity index (χ4n) is 5.03. The highest BCUT2D eigenvalue weighted by Crippen LogP contribution is 2.28. The number of piperazine rings is 1. The van der Waals surface area contributed by atoms with Crippen LogP contribution in [0.15, 0.2) is 36.4 Å². The summed E-state index contributed by atoms with van der Waals surface area (Å²) in [6, 6.07) is 7.47. The lowest BCUT2D eigenvalue weighted by atomic mass is 9.83. The summed E-state index contributed by atoms with van der Waals surface area (Å²) < 4.78 is 14.0. The van der Waals surface area contributed by atoms with Crippen LogP contribution in [0.1, 0.15) is 44.9 Å². The Morgan fingerprint density at radius 3 is 2.38 bits per heavy atom. The zero-order chi connectivity index (χ0) is 20.1. The molecule has 1 amide bonds. The van der Waals surface area contributed by atoms with E-state index in [0.717, 1.165) is 70.0 Å². The van der Waals surface area contributed by atoms with Crippen molar-refractivity contribution in [3.05, 3.63) is 42.2 Å². The molecule has 29 heavy (non-hydrogen) atoms. The molecule has 1 aliphatic heterocycles. The van der Waals surface area contributed by atoms with E-state index < -0.39 is 0 Å². The van der Waals surface area contributed by atoms with Gasteiger partial charge in [-0.15, -0.1) is 0 Å². The zero-order valence-corrected chi connectivity index (χ0v) is 17.4. The maximum Gasteiger partial charge on any atom is 0.223 e. The zero-order valence-electron chi connectivity index (χ0n) is 17.4. The number of amides is 1. The van der Waals surface area contributed by atoms with Gasteiger partial charge < -0.3 is 10.2 Å². The molecule has 1 heterocycles. The van der Waals surface area contributed by atoms with Gasteiger partial charge in [0.25, 0.3) is 0 Å². The van der Waals surface area contributed by atoms with E-state index in [9.17, 15) is 9.18 Å². The first-order chi connectivity index (χ1) is 14.2. The average molecular weight is 400 g/mol. The highest BCUT2D eigenvalue weighted by molar-refractivity contribution is 5.79. The number of rotatable bonds is 6. The van der Waals surface area contributed by atoms with Crippen LogP contribution in [-0.4, -0.2) is 49.6 Å². The number of hydrogen-bond acceptors (Lipinski definition) is 3. The summed E-state index contributed by atoms with van der Waals surface area (Å²) in [5.41, 5.74) is 0.737. The number of carbonyl (C=O) groups is 1. The van der Waals surface area contributed by atoms with E-state index in [1.54, 1.807) is 12.1 Å². The fourth-order valence-corrected chi connectivity index (χ4v) is 5.03. The summed E-state index contributed by atoms with van der Waals surface area (Å²) in [6.07, 6.45) is 12.0. The summed E-state index contributed by atoms with van der Waals surface area (Å²) in [4.78, 5) is 17.0. The molecule has 158 valence electrons. The van der Waals surface area contributed by atoms with Crippen LogP contribution in [0.4, 0.5) is 10.1 Å². The quantitative estimate of drug-likeness (QED) is 0.735. The molecule has 5 heteroatoms. The summed E-state index contributed by atoms with van der Waals surface area (Å²) in [5.74, 6) is 1.09. The van der Waals surface area contributed by atoms with Gasteiger partial charge in [0.2, 0.25) is 5.91 Å². The van der Waals surface area contributed by atoms with Crippen LogP contribution in [-0.2, 0) is 4.79 Å². The van der Waals surface area contributed by atoms with E-state index in [4.69, 9.17) is 0 Å².